The number of nitrogens with zero attached hydrogens (tertiary/aromatic N) is 4. The van der Waals surface area contributed by atoms with Crippen molar-refractivity contribution in [3.63, 3.8) is 0 Å². The summed E-state index contributed by atoms with van der Waals surface area (Å²) in [6, 6.07) is 14.0. The summed E-state index contributed by atoms with van der Waals surface area (Å²) in [4.78, 5) is 15.1. The van der Waals surface area contributed by atoms with Crippen molar-refractivity contribution < 1.29 is 14.3 Å². The molecule has 9 heteroatoms. The molecule has 2 aliphatic heterocycles. The summed E-state index contributed by atoms with van der Waals surface area (Å²) in [5.74, 6) is 2.23. The first-order valence-corrected chi connectivity index (χ1v) is 12.1. The largest absolute Gasteiger partial charge is 0.454 e. The van der Waals surface area contributed by atoms with Crippen molar-refractivity contribution in [1.29, 1.82) is 0 Å². The molecule has 0 saturated carbocycles. The fourth-order valence-electron chi connectivity index (χ4n) is 3.98. The normalized spacial score (nSPS) is 15.6. The molecule has 1 atom stereocenters. The lowest BCUT2D eigenvalue weighted by Crippen LogP contribution is -2.30. The van der Waals surface area contributed by atoms with E-state index in [1.165, 1.54) is 17.3 Å². The van der Waals surface area contributed by atoms with E-state index in [1.807, 2.05) is 25.1 Å². The average Bonchev–Trinajstić information content (AvgIpc) is 3.58. The van der Waals surface area contributed by atoms with E-state index in [0.29, 0.717) is 17.5 Å². The van der Waals surface area contributed by atoms with Crippen LogP contribution in [0.5, 0.6) is 11.5 Å². The fourth-order valence-corrected chi connectivity index (χ4v) is 4.86. The van der Waals surface area contributed by atoms with Gasteiger partial charge in [-0.2, -0.15) is 0 Å². The Morgan fingerprint density at radius 2 is 1.85 bits per heavy atom. The Labute approximate surface area is 197 Å². The highest BCUT2D eigenvalue weighted by Gasteiger charge is 2.25. The van der Waals surface area contributed by atoms with Crippen LogP contribution in [0.1, 0.15) is 30.9 Å². The first kappa shape index (κ1) is 21.6. The zero-order chi connectivity index (χ0) is 22.8. The molecule has 3 heterocycles. The molecule has 2 aromatic carbocycles. The quantitative estimate of drug-likeness (QED) is 0.533. The zero-order valence-electron chi connectivity index (χ0n) is 18.8. The standard InChI is InChI=1S/C24H27N5O3S/c1-16-5-8-19(9-6-16)29-23(28-11-3-4-12-28)26-27-24(29)33-17(2)22(30)25-14-18-7-10-20-21(13-18)32-15-31-20/h5-10,13,17H,3-4,11-12,14-15H2,1-2H3,(H,25,30). The predicted octanol–water partition coefficient (Wildman–Crippen LogP) is 3.70. The number of hydrogen-bond donors (Lipinski definition) is 1. The molecule has 172 valence electrons. The number of hydrogen-bond acceptors (Lipinski definition) is 7. The van der Waals surface area contributed by atoms with Crippen LogP contribution in [0, 0.1) is 6.92 Å². The van der Waals surface area contributed by atoms with Gasteiger partial charge in [-0.1, -0.05) is 35.5 Å². The van der Waals surface area contributed by atoms with Gasteiger partial charge in [0.1, 0.15) is 0 Å². The van der Waals surface area contributed by atoms with E-state index in [2.05, 4.69) is 56.2 Å². The van der Waals surface area contributed by atoms with Gasteiger partial charge in [-0.25, -0.2) is 0 Å². The lowest BCUT2D eigenvalue weighted by atomic mass is 10.2. The predicted molar refractivity (Wildman–Crippen MR) is 127 cm³/mol. The summed E-state index contributed by atoms with van der Waals surface area (Å²) in [7, 11) is 0. The summed E-state index contributed by atoms with van der Waals surface area (Å²) >= 11 is 1.42. The number of carbonyl (C=O) groups excluding carboxylic acids is 1. The monoisotopic (exact) mass is 465 g/mol. The second-order valence-electron chi connectivity index (χ2n) is 8.31. The van der Waals surface area contributed by atoms with Crippen LogP contribution >= 0.6 is 11.8 Å². The fraction of sp³-hybridized carbons (Fsp3) is 0.375. The first-order chi connectivity index (χ1) is 16.1. The van der Waals surface area contributed by atoms with Crippen molar-refractivity contribution >= 4 is 23.6 Å². The minimum absolute atomic E-state index is 0.0566. The van der Waals surface area contributed by atoms with Gasteiger partial charge in [0.25, 0.3) is 0 Å². The smallest absolute Gasteiger partial charge is 0.233 e. The summed E-state index contributed by atoms with van der Waals surface area (Å²) in [6.07, 6.45) is 2.31. The van der Waals surface area contributed by atoms with E-state index in [-0.39, 0.29) is 18.0 Å². The van der Waals surface area contributed by atoms with Crippen LogP contribution in [0.3, 0.4) is 0 Å². The van der Waals surface area contributed by atoms with Crippen molar-refractivity contribution in [3.05, 3.63) is 53.6 Å². The third-order valence-electron chi connectivity index (χ3n) is 5.85. The van der Waals surface area contributed by atoms with Crippen LogP contribution < -0.4 is 19.7 Å². The number of amides is 1. The Kier molecular flexibility index (Phi) is 6.13. The highest BCUT2D eigenvalue weighted by molar-refractivity contribution is 8.00. The molecule has 5 rings (SSSR count). The van der Waals surface area contributed by atoms with E-state index >= 15 is 0 Å². The van der Waals surface area contributed by atoms with Crippen molar-refractivity contribution in [1.82, 2.24) is 20.1 Å². The highest BCUT2D eigenvalue weighted by Crippen LogP contribution is 2.33. The van der Waals surface area contributed by atoms with Gasteiger partial charge in [-0.3, -0.25) is 9.36 Å². The van der Waals surface area contributed by atoms with Gasteiger partial charge < -0.3 is 19.7 Å². The number of thioether (sulfide) groups is 1. The molecule has 1 unspecified atom stereocenters. The number of aryl methyl sites for hydroxylation is 1. The van der Waals surface area contributed by atoms with Crippen LogP contribution in [0.2, 0.25) is 0 Å². The minimum atomic E-state index is -0.334. The number of carbonyl (C=O) groups is 1. The van der Waals surface area contributed by atoms with Crippen LogP contribution in [0.4, 0.5) is 5.95 Å². The van der Waals surface area contributed by atoms with Gasteiger partial charge in [0, 0.05) is 19.6 Å². The number of benzene rings is 2. The molecule has 1 N–H and O–H groups in total. The molecule has 1 fully saturated rings. The number of aromatic nitrogens is 3. The van der Waals surface area contributed by atoms with Crippen LogP contribution in [0.25, 0.3) is 5.69 Å². The number of nitrogens with one attached hydrogen (secondary N) is 1. The Balaban J connectivity index is 1.30. The van der Waals surface area contributed by atoms with Gasteiger partial charge in [-0.05, 0) is 56.5 Å². The van der Waals surface area contributed by atoms with Gasteiger partial charge in [0.05, 0.1) is 10.9 Å². The average molecular weight is 466 g/mol. The summed E-state index contributed by atoms with van der Waals surface area (Å²) in [5.41, 5.74) is 3.16. The maximum Gasteiger partial charge on any atom is 0.233 e. The van der Waals surface area contributed by atoms with E-state index in [4.69, 9.17) is 9.47 Å². The van der Waals surface area contributed by atoms with E-state index < -0.39 is 0 Å². The molecular formula is C24H27N5O3S. The lowest BCUT2D eigenvalue weighted by Gasteiger charge is -2.19. The van der Waals surface area contributed by atoms with Gasteiger partial charge >= 0.3 is 0 Å². The van der Waals surface area contributed by atoms with Crippen molar-refractivity contribution in [2.75, 3.05) is 24.8 Å². The Hall–Kier alpha value is -3.20. The molecule has 33 heavy (non-hydrogen) atoms. The van der Waals surface area contributed by atoms with Crippen LogP contribution in [-0.4, -0.2) is 45.8 Å². The molecule has 0 spiro atoms. The van der Waals surface area contributed by atoms with Gasteiger partial charge in [0.15, 0.2) is 16.7 Å². The van der Waals surface area contributed by atoms with Gasteiger partial charge in [-0.15, -0.1) is 10.2 Å². The SMILES string of the molecule is Cc1ccc(-n2c(SC(C)C(=O)NCc3ccc4c(c3)OCO4)nnc2N2CCCC2)cc1. The molecule has 0 bridgehead atoms. The third kappa shape index (κ3) is 4.64. The second-order valence-corrected chi connectivity index (χ2v) is 9.62. The van der Waals surface area contributed by atoms with Crippen LogP contribution in [0.15, 0.2) is 47.6 Å². The molecule has 0 radical (unpaired) electrons. The third-order valence-corrected chi connectivity index (χ3v) is 6.90. The summed E-state index contributed by atoms with van der Waals surface area (Å²) < 4.78 is 12.8. The van der Waals surface area contributed by atoms with E-state index in [9.17, 15) is 4.79 Å². The zero-order valence-corrected chi connectivity index (χ0v) is 19.6. The number of rotatable bonds is 7. The molecule has 0 aliphatic carbocycles. The maximum atomic E-state index is 12.9. The molecule has 1 saturated heterocycles. The number of anilines is 1. The van der Waals surface area contributed by atoms with Crippen molar-refractivity contribution in [2.45, 2.75) is 43.6 Å². The highest BCUT2D eigenvalue weighted by atomic mass is 32.2. The minimum Gasteiger partial charge on any atom is -0.454 e. The molecule has 3 aromatic rings. The second kappa shape index (κ2) is 9.35. The number of ether oxygens (including phenoxy) is 2. The Bertz CT molecular complexity index is 1140. The van der Waals surface area contributed by atoms with Crippen molar-refractivity contribution in [2.24, 2.45) is 0 Å². The Morgan fingerprint density at radius 3 is 2.64 bits per heavy atom. The summed E-state index contributed by atoms with van der Waals surface area (Å²) in [6.45, 7) is 6.56. The van der Waals surface area contributed by atoms with E-state index in [1.54, 1.807) is 0 Å². The summed E-state index contributed by atoms with van der Waals surface area (Å²) in [5, 5.41) is 12.4. The van der Waals surface area contributed by atoms with Gasteiger partial charge in [0.2, 0.25) is 18.6 Å². The molecule has 2 aliphatic rings. The molecule has 1 aromatic heterocycles. The first-order valence-electron chi connectivity index (χ1n) is 11.2. The molecule has 1 amide bonds. The maximum absolute atomic E-state index is 12.9. The lowest BCUT2D eigenvalue weighted by molar-refractivity contribution is -0.120. The van der Waals surface area contributed by atoms with E-state index in [0.717, 1.165) is 48.9 Å². The molecular weight excluding hydrogens is 438 g/mol. The Morgan fingerprint density at radius 1 is 1.09 bits per heavy atom. The topological polar surface area (TPSA) is 81.5 Å². The van der Waals surface area contributed by atoms with Crippen LogP contribution in [-0.2, 0) is 11.3 Å². The molecule has 8 nitrogen and oxygen atoms in total. The number of fused-ring (bicyclic) bond motifs is 1. The van der Waals surface area contributed by atoms with Crippen molar-refractivity contribution in [3.8, 4) is 17.2 Å².